The van der Waals surface area contributed by atoms with Crippen LogP contribution in [0.4, 0.5) is 0 Å². The van der Waals surface area contributed by atoms with Crippen LogP contribution in [0.2, 0.25) is 0 Å². The summed E-state index contributed by atoms with van der Waals surface area (Å²) in [6, 6.07) is 13.4. The fraction of sp³-hybridized carbons (Fsp3) is 0.304. The number of nitriles is 1. The van der Waals surface area contributed by atoms with Crippen LogP contribution < -0.4 is 5.32 Å². The molecule has 3 amide bonds. The van der Waals surface area contributed by atoms with Gasteiger partial charge >= 0.3 is 0 Å². The first-order chi connectivity index (χ1) is 14.6. The summed E-state index contributed by atoms with van der Waals surface area (Å²) in [7, 11) is 0. The van der Waals surface area contributed by atoms with E-state index in [0.717, 1.165) is 25.2 Å². The van der Waals surface area contributed by atoms with Gasteiger partial charge in [0.25, 0.3) is 17.7 Å². The smallest absolute Gasteiger partial charge is 0.261 e. The van der Waals surface area contributed by atoms with Gasteiger partial charge in [0.05, 0.1) is 29.3 Å². The molecule has 7 heteroatoms. The lowest BCUT2D eigenvalue weighted by Gasteiger charge is -2.14. The highest BCUT2D eigenvalue weighted by Gasteiger charge is 2.36. The van der Waals surface area contributed by atoms with Crippen LogP contribution in [-0.4, -0.2) is 53.7 Å². The Hall–Kier alpha value is -3.50. The SMILES string of the molecule is N#Cc1ccc(CN2C(=O)c3ccc(C(=O)NCCN4CCCC4)cc3C2=O)cc1. The molecule has 0 unspecified atom stereocenters. The van der Waals surface area contributed by atoms with E-state index in [-0.39, 0.29) is 23.9 Å². The van der Waals surface area contributed by atoms with E-state index in [0.29, 0.717) is 23.2 Å². The predicted octanol–water partition coefficient (Wildman–Crippen LogP) is 2.18. The van der Waals surface area contributed by atoms with Gasteiger partial charge in [-0.05, 0) is 61.8 Å². The van der Waals surface area contributed by atoms with Crippen molar-refractivity contribution in [3.63, 3.8) is 0 Å². The van der Waals surface area contributed by atoms with Crippen LogP contribution in [-0.2, 0) is 6.54 Å². The van der Waals surface area contributed by atoms with Crippen molar-refractivity contribution >= 4 is 17.7 Å². The van der Waals surface area contributed by atoms with Crippen LogP contribution >= 0.6 is 0 Å². The van der Waals surface area contributed by atoms with E-state index >= 15 is 0 Å². The largest absolute Gasteiger partial charge is 0.351 e. The maximum atomic E-state index is 12.8. The molecule has 4 rings (SSSR count). The standard InChI is InChI=1S/C23H22N4O3/c24-14-16-3-5-17(6-4-16)15-27-22(29)19-8-7-18(13-20(19)23(27)30)21(28)25-9-12-26-10-1-2-11-26/h3-8,13H,1-2,9-12,15H2,(H,25,28). The number of imide groups is 1. The molecular weight excluding hydrogens is 380 g/mol. The van der Waals surface area contributed by atoms with Gasteiger partial charge in [0.15, 0.2) is 0 Å². The lowest BCUT2D eigenvalue weighted by atomic mass is 10.1. The van der Waals surface area contributed by atoms with E-state index in [2.05, 4.69) is 10.2 Å². The normalized spacial score (nSPS) is 15.9. The van der Waals surface area contributed by atoms with Crippen LogP contribution in [0.1, 0.15) is 55.0 Å². The molecule has 0 saturated carbocycles. The van der Waals surface area contributed by atoms with Gasteiger partial charge in [-0.1, -0.05) is 12.1 Å². The number of rotatable bonds is 6. The summed E-state index contributed by atoms with van der Waals surface area (Å²) in [6.07, 6.45) is 2.40. The fourth-order valence-corrected chi connectivity index (χ4v) is 3.88. The third kappa shape index (κ3) is 3.95. The summed E-state index contributed by atoms with van der Waals surface area (Å²) in [5.41, 5.74) is 2.20. The second kappa shape index (κ2) is 8.47. The van der Waals surface area contributed by atoms with Gasteiger partial charge in [-0.3, -0.25) is 19.3 Å². The maximum Gasteiger partial charge on any atom is 0.261 e. The lowest BCUT2D eigenvalue weighted by Crippen LogP contribution is -2.33. The first kappa shape index (κ1) is 19.8. The van der Waals surface area contributed by atoms with Crippen molar-refractivity contribution in [1.82, 2.24) is 15.1 Å². The summed E-state index contributed by atoms with van der Waals surface area (Å²) in [5.74, 6) is -1.03. The zero-order valence-corrected chi connectivity index (χ0v) is 16.6. The second-order valence-electron chi connectivity index (χ2n) is 7.57. The second-order valence-corrected chi connectivity index (χ2v) is 7.57. The zero-order chi connectivity index (χ0) is 21.1. The van der Waals surface area contributed by atoms with Gasteiger partial charge in [0, 0.05) is 18.7 Å². The molecule has 0 spiro atoms. The van der Waals surface area contributed by atoms with Crippen LogP contribution in [0.15, 0.2) is 42.5 Å². The number of likely N-dealkylation sites (tertiary alicyclic amines) is 1. The van der Waals surface area contributed by atoms with Gasteiger partial charge in [0.1, 0.15) is 0 Å². The van der Waals surface area contributed by atoms with Crippen molar-refractivity contribution in [2.24, 2.45) is 0 Å². The minimum atomic E-state index is -0.411. The molecule has 0 radical (unpaired) electrons. The molecule has 0 aromatic heterocycles. The molecule has 0 atom stereocenters. The average molecular weight is 402 g/mol. The zero-order valence-electron chi connectivity index (χ0n) is 16.6. The Morgan fingerprint density at radius 1 is 1.00 bits per heavy atom. The summed E-state index contributed by atoms with van der Waals surface area (Å²) in [5, 5.41) is 11.8. The Morgan fingerprint density at radius 3 is 2.40 bits per heavy atom. The highest BCUT2D eigenvalue weighted by Crippen LogP contribution is 2.26. The Kier molecular flexibility index (Phi) is 5.59. The van der Waals surface area contributed by atoms with E-state index in [4.69, 9.17) is 5.26 Å². The molecule has 2 aromatic carbocycles. The Labute approximate surface area is 174 Å². The van der Waals surface area contributed by atoms with E-state index in [9.17, 15) is 14.4 Å². The number of fused-ring (bicyclic) bond motifs is 1. The minimum absolute atomic E-state index is 0.120. The highest BCUT2D eigenvalue weighted by atomic mass is 16.2. The number of hydrogen-bond donors (Lipinski definition) is 1. The number of hydrogen-bond acceptors (Lipinski definition) is 5. The van der Waals surface area contributed by atoms with Crippen molar-refractivity contribution < 1.29 is 14.4 Å². The number of nitrogens with one attached hydrogen (secondary N) is 1. The first-order valence-corrected chi connectivity index (χ1v) is 10.1. The van der Waals surface area contributed by atoms with Gasteiger partial charge in [-0.2, -0.15) is 5.26 Å². The Morgan fingerprint density at radius 2 is 1.70 bits per heavy atom. The summed E-state index contributed by atoms with van der Waals surface area (Å²) >= 11 is 0. The van der Waals surface area contributed by atoms with Crippen LogP contribution in [0.3, 0.4) is 0 Å². The Bertz CT molecular complexity index is 1030. The predicted molar refractivity (Wildman–Crippen MR) is 110 cm³/mol. The lowest BCUT2D eigenvalue weighted by molar-refractivity contribution is 0.0642. The average Bonchev–Trinajstić information content (AvgIpc) is 3.37. The molecule has 0 bridgehead atoms. The topological polar surface area (TPSA) is 93.5 Å². The summed E-state index contributed by atoms with van der Waals surface area (Å²) < 4.78 is 0. The molecule has 1 saturated heterocycles. The molecule has 152 valence electrons. The third-order valence-corrected chi connectivity index (χ3v) is 5.57. The van der Waals surface area contributed by atoms with E-state index in [1.165, 1.54) is 23.8 Å². The molecular formula is C23H22N4O3. The van der Waals surface area contributed by atoms with E-state index < -0.39 is 5.91 Å². The molecule has 7 nitrogen and oxygen atoms in total. The fourth-order valence-electron chi connectivity index (χ4n) is 3.88. The van der Waals surface area contributed by atoms with E-state index in [1.807, 2.05) is 6.07 Å². The summed E-state index contributed by atoms with van der Waals surface area (Å²) in [4.78, 5) is 41.4. The first-order valence-electron chi connectivity index (χ1n) is 10.1. The molecule has 30 heavy (non-hydrogen) atoms. The Balaban J connectivity index is 1.43. The van der Waals surface area contributed by atoms with Gasteiger partial charge < -0.3 is 10.2 Å². The van der Waals surface area contributed by atoms with Crippen molar-refractivity contribution in [1.29, 1.82) is 5.26 Å². The molecule has 2 aliphatic heterocycles. The number of nitrogens with zero attached hydrogens (tertiary/aromatic N) is 3. The minimum Gasteiger partial charge on any atom is -0.351 e. The van der Waals surface area contributed by atoms with Crippen molar-refractivity contribution in [2.75, 3.05) is 26.2 Å². The monoisotopic (exact) mass is 402 g/mol. The van der Waals surface area contributed by atoms with Gasteiger partial charge in [-0.25, -0.2) is 0 Å². The number of benzene rings is 2. The van der Waals surface area contributed by atoms with Crippen molar-refractivity contribution in [2.45, 2.75) is 19.4 Å². The molecule has 2 aliphatic rings. The third-order valence-electron chi connectivity index (χ3n) is 5.57. The number of amides is 3. The molecule has 2 heterocycles. The van der Waals surface area contributed by atoms with Crippen LogP contribution in [0.25, 0.3) is 0 Å². The van der Waals surface area contributed by atoms with Gasteiger partial charge in [0.2, 0.25) is 0 Å². The molecule has 0 aliphatic carbocycles. The van der Waals surface area contributed by atoms with Crippen molar-refractivity contribution in [3.8, 4) is 6.07 Å². The van der Waals surface area contributed by atoms with E-state index in [1.54, 1.807) is 36.4 Å². The van der Waals surface area contributed by atoms with Crippen LogP contribution in [0, 0.1) is 11.3 Å². The maximum absolute atomic E-state index is 12.8. The highest BCUT2D eigenvalue weighted by molar-refractivity contribution is 6.22. The molecule has 1 N–H and O–H groups in total. The summed E-state index contributed by atoms with van der Waals surface area (Å²) in [6.45, 7) is 3.62. The number of carbonyl (C=O) groups is 3. The van der Waals surface area contributed by atoms with Gasteiger partial charge in [-0.15, -0.1) is 0 Å². The molecule has 2 aromatic rings. The quantitative estimate of drug-likeness (QED) is 0.748. The van der Waals surface area contributed by atoms with Crippen LogP contribution in [0.5, 0.6) is 0 Å². The number of carbonyl (C=O) groups excluding carboxylic acids is 3. The van der Waals surface area contributed by atoms with Crippen molar-refractivity contribution in [3.05, 3.63) is 70.3 Å². The molecule has 1 fully saturated rings.